The lowest BCUT2D eigenvalue weighted by Gasteiger charge is -2.17. The van der Waals surface area contributed by atoms with E-state index < -0.39 is 0 Å². The minimum absolute atomic E-state index is 0.167. The Bertz CT molecular complexity index is 259. The molecule has 5 heteroatoms. The van der Waals surface area contributed by atoms with E-state index >= 15 is 0 Å². The number of tetrazole rings is 1. The summed E-state index contributed by atoms with van der Waals surface area (Å²) < 4.78 is 0. The Labute approximate surface area is 97.4 Å². The van der Waals surface area contributed by atoms with Crippen LogP contribution in [-0.4, -0.2) is 26.7 Å². The molecule has 1 heterocycles. The lowest BCUT2D eigenvalue weighted by molar-refractivity contribution is 0.427. The van der Waals surface area contributed by atoms with Crippen LogP contribution in [0.25, 0.3) is 0 Å². The highest BCUT2D eigenvalue weighted by Gasteiger charge is 2.12. The molecule has 1 rings (SSSR count). The van der Waals surface area contributed by atoms with Crippen LogP contribution in [0.5, 0.6) is 0 Å². The van der Waals surface area contributed by atoms with E-state index in [2.05, 4.69) is 46.7 Å². The second-order valence-electron chi connectivity index (χ2n) is 4.41. The minimum atomic E-state index is 0.167. The number of rotatable bonds is 8. The first-order valence-corrected chi connectivity index (χ1v) is 6.23. The monoisotopic (exact) mass is 225 g/mol. The van der Waals surface area contributed by atoms with Crippen LogP contribution in [0.2, 0.25) is 0 Å². The minimum Gasteiger partial charge on any atom is -0.305 e. The van der Waals surface area contributed by atoms with Gasteiger partial charge in [0.05, 0.1) is 6.04 Å². The molecule has 0 saturated heterocycles. The molecule has 0 aliphatic carbocycles. The molecular formula is C11H23N5. The second kappa shape index (κ2) is 7.33. The smallest absolute Gasteiger partial charge is 0.191 e. The number of unbranched alkanes of at least 4 members (excludes halogenated alkanes) is 3. The highest BCUT2D eigenvalue weighted by atomic mass is 15.5. The predicted molar refractivity (Wildman–Crippen MR) is 63.9 cm³/mol. The van der Waals surface area contributed by atoms with Gasteiger partial charge < -0.3 is 5.32 Å². The third-order valence-corrected chi connectivity index (χ3v) is 2.77. The van der Waals surface area contributed by atoms with Gasteiger partial charge in [-0.25, -0.2) is 0 Å². The van der Waals surface area contributed by atoms with Crippen LogP contribution in [-0.2, 0) is 0 Å². The molecule has 0 saturated carbocycles. The van der Waals surface area contributed by atoms with Crippen LogP contribution in [0, 0.1) is 0 Å². The standard InChI is InChI=1S/C11H23N5/c1-4-5-6-7-8-9(2)12-10(3)11-13-15-16-14-11/h9-10,12H,4-8H2,1-3H3,(H,13,14,15,16). The van der Waals surface area contributed by atoms with Gasteiger partial charge in [0.2, 0.25) is 0 Å². The molecule has 0 amide bonds. The Hall–Kier alpha value is -0.970. The van der Waals surface area contributed by atoms with Crippen LogP contribution in [0.1, 0.15) is 64.7 Å². The maximum absolute atomic E-state index is 3.97. The van der Waals surface area contributed by atoms with Crippen molar-refractivity contribution >= 4 is 0 Å². The van der Waals surface area contributed by atoms with Crippen molar-refractivity contribution in [3.05, 3.63) is 5.82 Å². The van der Waals surface area contributed by atoms with Crippen molar-refractivity contribution in [1.29, 1.82) is 0 Å². The van der Waals surface area contributed by atoms with Gasteiger partial charge in [-0.2, -0.15) is 5.21 Å². The van der Waals surface area contributed by atoms with Gasteiger partial charge in [-0.3, -0.25) is 0 Å². The summed E-state index contributed by atoms with van der Waals surface area (Å²) in [4.78, 5) is 0. The summed E-state index contributed by atoms with van der Waals surface area (Å²) in [5.74, 6) is 0.736. The first-order valence-electron chi connectivity index (χ1n) is 6.23. The molecule has 5 nitrogen and oxygen atoms in total. The van der Waals surface area contributed by atoms with Crippen molar-refractivity contribution in [3.8, 4) is 0 Å². The average Bonchev–Trinajstić information content (AvgIpc) is 2.77. The first-order chi connectivity index (χ1) is 7.74. The zero-order chi connectivity index (χ0) is 11.8. The number of aromatic amines is 1. The maximum atomic E-state index is 3.97. The molecule has 0 spiro atoms. The van der Waals surface area contributed by atoms with Crippen LogP contribution in [0.15, 0.2) is 0 Å². The molecule has 2 N–H and O–H groups in total. The summed E-state index contributed by atoms with van der Waals surface area (Å²) in [7, 11) is 0. The third kappa shape index (κ3) is 4.70. The Morgan fingerprint density at radius 2 is 2.06 bits per heavy atom. The number of aromatic nitrogens is 4. The SMILES string of the molecule is CCCCCCC(C)NC(C)c1nn[nH]n1. The van der Waals surface area contributed by atoms with Gasteiger partial charge in [0.15, 0.2) is 5.82 Å². The Balaban J connectivity index is 2.16. The Kier molecular flexibility index (Phi) is 6.00. The molecule has 1 aromatic heterocycles. The van der Waals surface area contributed by atoms with Gasteiger partial charge in [0.25, 0.3) is 0 Å². The molecule has 2 atom stereocenters. The van der Waals surface area contributed by atoms with Gasteiger partial charge in [0.1, 0.15) is 0 Å². The Morgan fingerprint density at radius 3 is 2.69 bits per heavy atom. The molecule has 16 heavy (non-hydrogen) atoms. The largest absolute Gasteiger partial charge is 0.305 e. The fourth-order valence-corrected chi connectivity index (χ4v) is 1.81. The fourth-order valence-electron chi connectivity index (χ4n) is 1.81. The van der Waals surface area contributed by atoms with Crippen LogP contribution < -0.4 is 5.32 Å². The lowest BCUT2D eigenvalue weighted by Crippen LogP contribution is -2.29. The summed E-state index contributed by atoms with van der Waals surface area (Å²) in [6.07, 6.45) is 6.47. The van der Waals surface area contributed by atoms with E-state index in [9.17, 15) is 0 Å². The normalized spacial score (nSPS) is 14.9. The van der Waals surface area contributed by atoms with Crippen molar-refractivity contribution in [3.63, 3.8) is 0 Å². The highest BCUT2D eigenvalue weighted by Crippen LogP contribution is 2.09. The van der Waals surface area contributed by atoms with Gasteiger partial charge in [-0.05, 0) is 20.3 Å². The van der Waals surface area contributed by atoms with Crippen molar-refractivity contribution in [2.75, 3.05) is 0 Å². The molecule has 0 aliphatic rings. The van der Waals surface area contributed by atoms with Crippen LogP contribution in [0.4, 0.5) is 0 Å². The molecule has 0 aliphatic heterocycles. The number of nitrogens with one attached hydrogen (secondary N) is 2. The van der Waals surface area contributed by atoms with Gasteiger partial charge in [-0.1, -0.05) is 37.8 Å². The summed E-state index contributed by atoms with van der Waals surface area (Å²) in [6.45, 7) is 6.51. The number of hydrogen-bond acceptors (Lipinski definition) is 4. The van der Waals surface area contributed by atoms with E-state index in [1.165, 1.54) is 32.1 Å². The number of hydrogen-bond donors (Lipinski definition) is 2. The summed E-state index contributed by atoms with van der Waals surface area (Å²) in [6, 6.07) is 0.672. The predicted octanol–water partition coefficient (Wildman–Crippen LogP) is 2.21. The maximum Gasteiger partial charge on any atom is 0.191 e. The van der Waals surface area contributed by atoms with Crippen molar-refractivity contribution in [2.45, 2.75) is 65.0 Å². The molecule has 0 aromatic carbocycles. The fraction of sp³-hybridized carbons (Fsp3) is 0.909. The van der Waals surface area contributed by atoms with Gasteiger partial charge >= 0.3 is 0 Å². The summed E-state index contributed by atoms with van der Waals surface area (Å²) in [5, 5.41) is 17.4. The lowest BCUT2D eigenvalue weighted by atomic mass is 10.1. The quantitative estimate of drug-likeness (QED) is 0.666. The van der Waals surface area contributed by atoms with Gasteiger partial charge in [-0.15, -0.1) is 10.2 Å². The van der Waals surface area contributed by atoms with Crippen molar-refractivity contribution in [2.24, 2.45) is 0 Å². The highest BCUT2D eigenvalue weighted by molar-refractivity contribution is 4.86. The van der Waals surface area contributed by atoms with Crippen molar-refractivity contribution < 1.29 is 0 Å². The molecule has 2 unspecified atom stereocenters. The summed E-state index contributed by atoms with van der Waals surface area (Å²) >= 11 is 0. The van der Waals surface area contributed by atoms with E-state index in [0.29, 0.717) is 6.04 Å². The summed E-state index contributed by atoms with van der Waals surface area (Å²) in [5.41, 5.74) is 0. The second-order valence-corrected chi connectivity index (χ2v) is 4.41. The van der Waals surface area contributed by atoms with Crippen LogP contribution in [0.3, 0.4) is 0 Å². The molecule has 0 radical (unpaired) electrons. The molecule has 0 fully saturated rings. The number of H-pyrrole nitrogens is 1. The average molecular weight is 225 g/mol. The van der Waals surface area contributed by atoms with E-state index in [4.69, 9.17) is 0 Å². The van der Waals surface area contributed by atoms with Crippen molar-refractivity contribution in [1.82, 2.24) is 25.9 Å². The van der Waals surface area contributed by atoms with E-state index in [-0.39, 0.29) is 6.04 Å². The number of nitrogens with zero attached hydrogens (tertiary/aromatic N) is 3. The third-order valence-electron chi connectivity index (χ3n) is 2.77. The molecule has 1 aromatic rings. The van der Waals surface area contributed by atoms with Gasteiger partial charge in [0, 0.05) is 6.04 Å². The molecule has 92 valence electrons. The van der Waals surface area contributed by atoms with Crippen LogP contribution >= 0.6 is 0 Å². The zero-order valence-corrected chi connectivity index (χ0v) is 10.5. The topological polar surface area (TPSA) is 66.5 Å². The molecule has 0 bridgehead atoms. The zero-order valence-electron chi connectivity index (χ0n) is 10.5. The first kappa shape index (κ1) is 13.1. The van der Waals surface area contributed by atoms with E-state index in [1.54, 1.807) is 0 Å². The van der Waals surface area contributed by atoms with E-state index in [0.717, 1.165) is 5.82 Å². The molecular weight excluding hydrogens is 202 g/mol. The Morgan fingerprint density at radius 1 is 1.25 bits per heavy atom. The van der Waals surface area contributed by atoms with E-state index in [1.807, 2.05) is 0 Å².